The van der Waals surface area contributed by atoms with Crippen LogP contribution < -0.4 is 11.3 Å². The first-order valence-corrected chi connectivity index (χ1v) is 7.88. The van der Waals surface area contributed by atoms with Crippen molar-refractivity contribution in [3.8, 4) is 0 Å². The maximum Gasteiger partial charge on any atom is 0.0940 e. The normalized spacial score (nSPS) is 30.9. The average molecular weight is 294 g/mol. The van der Waals surface area contributed by atoms with Gasteiger partial charge in [-0.2, -0.15) is 5.10 Å². The molecule has 3 unspecified atom stereocenters. The minimum Gasteiger partial charge on any atom is -0.378 e. The Morgan fingerprint density at radius 3 is 3.10 bits per heavy atom. The Balaban J connectivity index is 1.82. The molecule has 2 fully saturated rings. The summed E-state index contributed by atoms with van der Waals surface area (Å²) in [5.41, 5.74) is 5.30. The van der Waals surface area contributed by atoms with Crippen molar-refractivity contribution in [2.75, 3.05) is 19.8 Å². The predicted octanol–water partition coefficient (Wildman–Crippen LogP) is 1.07. The lowest BCUT2D eigenvalue weighted by Gasteiger charge is -2.40. The zero-order valence-electron chi connectivity index (χ0n) is 13.0. The van der Waals surface area contributed by atoms with Gasteiger partial charge in [-0.15, -0.1) is 0 Å². The van der Waals surface area contributed by atoms with E-state index in [0.29, 0.717) is 12.5 Å². The maximum absolute atomic E-state index is 6.03. The molecule has 0 aromatic carbocycles. The van der Waals surface area contributed by atoms with E-state index in [1.165, 1.54) is 5.56 Å². The monoisotopic (exact) mass is 294 g/mol. The minimum absolute atomic E-state index is 0.0907. The summed E-state index contributed by atoms with van der Waals surface area (Å²) in [6.07, 6.45) is 6.03. The molecule has 3 N–H and O–H groups in total. The number of rotatable bonds is 4. The Labute approximate surface area is 125 Å². The number of nitrogens with one attached hydrogen (secondary N) is 1. The van der Waals surface area contributed by atoms with E-state index < -0.39 is 0 Å². The van der Waals surface area contributed by atoms with Gasteiger partial charge in [-0.3, -0.25) is 16.0 Å². The molecule has 0 radical (unpaired) electrons. The molecular weight excluding hydrogens is 268 g/mol. The van der Waals surface area contributed by atoms with Crippen molar-refractivity contribution in [2.45, 2.75) is 44.2 Å². The van der Waals surface area contributed by atoms with Crippen molar-refractivity contribution in [3.63, 3.8) is 0 Å². The first-order chi connectivity index (χ1) is 10.2. The van der Waals surface area contributed by atoms with E-state index in [2.05, 4.69) is 23.6 Å². The van der Waals surface area contributed by atoms with Crippen LogP contribution >= 0.6 is 0 Å². The fourth-order valence-electron chi connectivity index (χ4n) is 3.78. The molecule has 118 valence electrons. The lowest BCUT2D eigenvalue weighted by atomic mass is 9.79. The second kappa shape index (κ2) is 6.04. The van der Waals surface area contributed by atoms with E-state index in [-0.39, 0.29) is 11.6 Å². The SMILES string of the molecule is CCc1nn(C)cc1C(NN)C1CCOC2(CCOC2)C1. The van der Waals surface area contributed by atoms with Gasteiger partial charge in [-0.1, -0.05) is 6.92 Å². The zero-order chi connectivity index (χ0) is 14.9. The molecule has 2 aliphatic heterocycles. The van der Waals surface area contributed by atoms with E-state index in [1.54, 1.807) is 0 Å². The van der Waals surface area contributed by atoms with Crippen molar-refractivity contribution in [2.24, 2.45) is 18.8 Å². The molecule has 0 aliphatic carbocycles. The third-order valence-electron chi connectivity index (χ3n) is 4.86. The molecule has 6 heteroatoms. The highest BCUT2D eigenvalue weighted by molar-refractivity contribution is 5.22. The zero-order valence-corrected chi connectivity index (χ0v) is 13.0. The predicted molar refractivity (Wildman–Crippen MR) is 79.5 cm³/mol. The molecule has 3 heterocycles. The summed E-state index contributed by atoms with van der Waals surface area (Å²) < 4.78 is 13.5. The van der Waals surface area contributed by atoms with Crippen LogP contribution in [0.25, 0.3) is 0 Å². The van der Waals surface area contributed by atoms with Crippen LogP contribution in [0.1, 0.15) is 43.5 Å². The number of ether oxygens (including phenoxy) is 2. The molecule has 0 amide bonds. The van der Waals surface area contributed by atoms with Crippen molar-refractivity contribution in [1.82, 2.24) is 15.2 Å². The van der Waals surface area contributed by atoms with E-state index in [9.17, 15) is 0 Å². The summed E-state index contributed by atoms with van der Waals surface area (Å²) in [5.74, 6) is 6.35. The van der Waals surface area contributed by atoms with Crippen molar-refractivity contribution < 1.29 is 9.47 Å². The molecular formula is C15H26N4O2. The average Bonchev–Trinajstić information content (AvgIpc) is 3.07. The van der Waals surface area contributed by atoms with Crippen LogP contribution in [-0.4, -0.2) is 35.2 Å². The molecule has 3 atom stereocenters. The molecule has 3 rings (SSSR count). The lowest BCUT2D eigenvalue weighted by molar-refractivity contribution is -0.103. The van der Waals surface area contributed by atoms with Gasteiger partial charge in [0.2, 0.25) is 0 Å². The van der Waals surface area contributed by atoms with Gasteiger partial charge >= 0.3 is 0 Å². The molecule has 0 saturated carbocycles. The molecule has 2 aliphatic rings. The first kappa shape index (κ1) is 15.0. The van der Waals surface area contributed by atoms with Gasteiger partial charge in [0.05, 0.1) is 23.9 Å². The lowest BCUT2D eigenvalue weighted by Crippen LogP contribution is -2.45. The second-order valence-corrected chi connectivity index (χ2v) is 6.29. The summed E-state index contributed by atoms with van der Waals surface area (Å²) >= 11 is 0. The largest absolute Gasteiger partial charge is 0.378 e. The van der Waals surface area contributed by atoms with Crippen LogP contribution in [0.15, 0.2) is 6.20 Å². The maximum atomic E-state index is 6.03. The Morgan fingerprint density at radius 1 is 1.57 bits per heavy atom. The highest BCUT2D eigenvalue weighted by atomic mass is 16.6. The number of hydrazine groups is 1. The molecule has 0 bridgehead atoms. The van der Waals surface area contributed by atoms with Crippen molar-refractivity contribution in [3.05, 3.63) is 17.5 Å². The van der Waals surface area contributed by atoms with Gasteiger partial charge in [0.15, 0.2) is 0 Å². The van der Waals surface area contributed by atoms with Gasteiger partial charge in [-0.05, 0) is 25.2 Å². The van der Waals surface area contributed by atoms with Crippen molar-refractivity contribution in [1.29, 1.82) is 0 Å². The first-order valence-electron chi connectivity index (χ1n) is 7.88. The number of aryl methyl sites for hydroxylation is 2. The topological polar surface area (TPSA) is 74.3 Å². The third kappa shape index (κ3) is 2.85. The Morgan fingerprint density at radius 2 is 2.43 bits per heavy atom. The summed E-state index contributed by atoms with van der Waals surface area (Å²) in [4.78, 5) is 0. The summed E-state index contributed by atoms with van der Waals surface area (Å²) in [5, 5.41) is 4.55. The molecule has 21 heavy (non-hydrogen) atoms. The number of nitrogens with zero attached hydrogens (tertiary/aromatic N) is 2. The standard InChI is InChI=1S/C15H26N4O2/c1-3-13-12(9-19(2)18-13)14(17-16)11-4-6-21-15(8-11)5-7-20-10-15/h9,11,14,17H,3-8,10,16H2,1-2H3. The Bertz CT molecular complexity index is 482. The number of hydrogen-bond donors (Lipinski definition) is 2. The van der Waals surface area contributed by atoms with Gasteiger partial charge in [-0.25, -0.2) is 0 Å². The fourth-order valence-corrected chi connectivity index (χ4v) is 3.78. The molecule has 6 nitrogen and oxygen atoms in total. The molecule has 2 saturated heterocycles. The van der Waals surface area contributed by atoms with Crippen LogP contribution in [0.4, 0.5) is 0 Å². The fraction of sp³-hybridized carbons (Fsp3) is 0.800. The van der Waals surface area contributed by atoms with Gasteiger partial charge in [0, 0.05) is 38.4 Å². The van der Waals surface area contributed by atoms with Crippen LogP contribution in [0, 0.1) is 5.92 Å². The Kier molecular flexibility index (Phi) is 4.31. The highest BCUT2D eigenvalue weighted by Gasteiger charge is 2.43. The van der Waals surface area contributed by atoms with E-state index in [4.69, 9.17) is 15.3 Å². The quantitative estimate of drug-likeness (QED) is 0.642. The third-order valence-corrected chi connectivity index (χ3v) is 4.86. The van der Waals surface area contributed by atoms with E-state index in [1.807, 2.05) is 11.7 Å². The molecule has 1 aromatic heterocycles. The summed E-state index contributed by atoms with van der Waals surface area (Å²) in [6, 6.07) is 0.134. The van der Waals surface area contributed by atoms with Gasteiger partial charge in [0.25, 0.3) is 0 Å². The minimum atomic E-state index is -0.0907. The molecule has 1 spiro atoms. The van der Waals surface area contributed by atoms with Crippen molar-refractivity contribution >= 4 is 0 Å². The van der Waals surface area contributed by atoms with Crippen LogP contribution in [0.3, 0.4) is 0 Å². The number of hydrogen-bond acceptors (Lipinski definition) is 5. The smallest absolute Gasteiger partial charge is 0.0940 e. The summed E-state index contributed by atoms with van der Waals surface area (Å²) in [6.45, 7) is 4.44. The number of aromatic nitrogens is 2. The van der Waals surface area contributed by atoms with Crippen LogP contribution in [0.5, 0.6) is 0 Å². The van der Waals surface area contributed by atoms with E-state index in [0.717, 1.165) is 44.6 Å². The highest BCUT2D eigenvalue weighted by Crippen LogP contribution is 2.41. The second-order valence-electron chi connectivity index (χ2n) is 6.29. The summed E-state index contributed by atoms with van der Waals surface area (Å²) in [7, 11) is 1.96. The van der Waals surface area contributed by atoms with Crippen LogP contribution in [-0.2, 0) is 22.9 Å². The molecule has 1 aromatic rings. The number of nitrogens with two attached hydrogens (primary N) is 1. The van der Waals surface area contributed by atoms with Gasteiger partial charge in [0.1, 0.15) is 0 Å². The Hall–Kier alpha value is -0.950. The van der Waals surface area contributed by atoms with Gasteiger partial charge < -0.3 is 9.47 Å². The van der Waals surface area contributed by atoms with E-state index >= 15 is 0 Å². The van der Waals surface area contributed by atoms with Crippen LogP contribution in [0.2, 0.25) is 0 Å².